The second-order valence-corrected chi connectivity index (χ2v) is 10.2. The number of hydrogen-bond donors (Lipinski definition) is 3. The lowest BCUT2D eigenvalue weighted by Crippen LogP contribution is -2.49. The van der Waals surface area contributed by atoms with Crippen LogP contribution in [-0.4, -0.2) is 82.6 Å². The monoisotopic (exact) mass is 572 g/mol. The van der Waals surface area contributed by atoms with Crippen molar-refractivity contribution in [2.24, 2.45) is 0 Å². The minimum Gasteiger partial charge on any atom is -0.481 e. The number of nitrogens with zero attached hydrogens (tertiary/aromatic N) is 4. The molecule has 12 nitrogen and oxygen atoms in total. The third kappa shape index (κ3) is 6.89. The standard InChI is InChI=1S/C30H32N6O6/c37-27(38)17-23(21-4-1-9-31-18-21)33-28(39)20-7-8-25(24(16-20)34-29(40)26-6-3-15-42-26)35-11-13-36(14-12-35)30(41)22-5-2-10-32-19-22/h1-2,4-5,7-10,16,18-19,23,26H,3,6,11-15,17H2,(H,33,39)(H,34,40)(H,37,38). The van der Waals surface area contributed by atoms with E-state index >= 15 is 0 Å². The fourth-order valence-corrected chi connectivity index (χ4v) is 5.12. The van der Waals surface area contributed by atoms with Crippen LogP contribution in [0.2, 0.25) is 0 Å². The molecule has 2 saturated heterocycles. The Morgan fingerprint density at radius 1 is 0.976 bits per heavy atom. The summed E-state index contributed by atoms with van der Waals surface area (Å²) in [5.74, 6) is -1.94. The number of anilines is 2. The molecule has 2 atom stereocenters. The number of aromatic nitrogens is 2. The van der Waals surface area contributed by atoms with E-state index in [1.54, 1.807) is 66.0 Å². The van der Waals surface area contributed by atoms with Crippen molar-refractivity contribution in [3.63, 3.8) is 0 Å². The third-order valence-corrected chi connectivity index (χ3v) is 7.33. The minimum atomic E-state index is -1.06. The molecule has 12 heteroatoms. The summed E-state index contributed by atoms with van der Waals surface area (Å²) in [7, 11) is 0. The van der Waals surface area contributed by atoms with E-state index in [-0.39, 0.29) is 23.8 Å². The molecule has 0 radical (unpaired) electrons. The molecule has 0 saturated carbocycles. The smallest absolute Gasteiger partial charge is 0.305 e. The van der Waals surface area contributed by atoms with Crippen molar-refractivity contribution in [3.05, 3.63) is 83.9 Å². The van der Waals surface area contributed by atoms with Crippen LogP contribution in [0.25, 0.3) is 0 Å². The van der Waals surface area contributed by atoms with Gasteiger partial charge in [-0.1, -0.05) is 6.07 Å². The Hall–Kier alpha value is -4.84. The molecule has 2 unspecified atom stereocenters. The van der Waals surface area contributed by atoms with Gasteiger partial charge in [0.2, 0.25) is 0 Å². The van der Waals surface area contributed by atoms with Gasteiger partial charge in [-0.15, -0.1) is 0 Å². The van der Waals surface area contributed by atoms with E-state index in [9.17, 15) is 24.3 Å². The zero-order chi connectivity index (χ0) is 29.5. The number of carbonyl (C=O) groups is 4. The molecule has 3 aromatic rings. The second-order valence-electron chi connectivity index (χ2n) is 10.2. The van der Waals surface area contributed by atoms with Crippen molar-refractivity contribution in [2.75, 3.05) is 43.0 Å². The number of rotatable bonds is 9. The fraction of sp³-hybridized carbons (Fsp3) is 0.333. The van der Waals surface area contributed by atoms with Crippen molar-refractivity contribution in [3.8, 4) is 0 Å². The molecule has 4 heterocycles. The van der Waals surface area contributed by atoms with Crippen LogP contribution in [0.15, 0.2) is 67.3 Å². The molecular formula is C30H32N6O6. The molecule has 2 aliphatic rings. The molecule has 0 bridgehead atoms. The summed E-state index contributed by atoms with van der Waals surface area (Å²) in [5.41, 5.74) is 2.49. The summed E-state index contributed by atoms with van der Waals surface area (Å²) < 4.78 is 5.56. The van der Waals surface area contributed by atoms with E-state index in [0.717, 1.165) is 6.42 Å². The molecule has 2 aromatic heterocycles. The van der Waals surface area contributed by atoms with Crippen LogP contribution >= 0.6 is 0 Å². The molecule has 3 amide bonds. The van der Waals surface area contributed by atoms with E-state index in [4.69, 9.17) is 4.74 Å². The summed E-state index contributed by atoms with van der Waals surface area (Å²) in [6, 6.07) is 11.0. The van der Waals surface area contributed by atoms with Gasteiger partial charge in [0, 0.05) is 63.1 Å². The van der Waals surface area contributed by atoms with E-state index in [1.165, 1.54) is 6.20 Å². The lowest BCUT2D eigenvalue weighted by Gasteiger charge is -2.37. The highest BCUT2D eigenvalue weighted by Crippen LogP contribution is 2.30. The molecule has 0 spiro atoms. The van der Waals surface area contributed by atoms with Crippen molar-refractivity contribution in [2.45, 2.75) is 31.4 Å². The average molecular weight is 573 g/mol. The van der Waals surface area contributed by atoms with Crippen LogP contribution in [0.3, 0.4) is 0 Å². The Kier molecular flexibility index (Phi) is 9.02. The van der Waals surface area contributed by atoms with Crippen LogP contribution in [0.1, 0.15) is 51.6 Å². The van der Waals surface area contributed by atoms with Crippen LogP contribution in [0.5, 0.6) is 0 Å². The van der Waals surface area contributed by atoms with Crippen molar-refractivity contribution in [1.82, 2.24) is 20.2 Å². The Bertz CT molecular complexity index is 1420. The highest BCUT2D eigenvalue weighted by molar-refractivity contribution is 6.01. The summed E-state index contributed by atoms with van der Waals surface area (Å²) in [6.45, 7) is 2.48. The number of carboxylic acid groups (broad SMARTS) is 1. The van der Waals surface area contributed by atoms with Gasteiger partial charge in [0.1, 0.15) is 6.10 Å². The number of aliphatic carboxylic acids is 1. The zero-order valence-corrected chi connectivity index (χ0v) is 22.9. The first-order valence-corrected chi connectivity index (χ1v) is 13.8. The van der Waals surface area contributed by atoms with E-state index < -0.39 is 24.0 Å². The Labute approximate surface area is 242 Å². The first-order valence-electron chi connectivity index (χ1n) is 13.8. The molecule has 1 aromatic carbocycles. The molecule has 218 valence electrons. The number of hydrogen-bond acceptors (Lipinski definition) is 8. The number of carbonyl (C=O) groups excluding carboxylic acids is 3. The largest absolute Gasteiger partial charge is 0.481 e. The van der Waals surface area contributed by atoms with Crippen molar-refractivity contribution < 1.29 is 29.0 Å². The van der Waals surface area contributed by atoms with Gasteiger partial charge in [-0.3, -0.25) is 29.1 Å². The van der Waals surface area contributed by atoms with Crippen molar-refractivity contribution in [1.29, 1.82) is 0 Å². The summed E-state index contributed by atoms with van der Waals surface area (Å²) in [6.07, 6.45) is 6.76. The Morgan fingerprint density at radius 2 is 1.74 bits per heavy atom. The zero-order valence-electron chi connectivity index (χ0n) is 22.9. The third-order valence-electron chi connectivity index (χ3n) is 7.33. The quantitative estimate of drug-likeness (QED) is 0.351. The van der Waals surface area contributed by atoms with Gasteiger partial charge >= 0.3 is 5.97 Å². The Balaban J connectivity index is 1.35. The molecule has 5 rings (SSSR count). The first-order chi connectivity index (χ1) is 20.4. The second kappa shape index (κ2) is 13.2. The number of ether oxygens (including phenoxy) is 1. The predicted octanol–water partition coefficient (Wildman–Crippen LogP) is 2.50. The molecule has 2 fully saturated rings. The maximum Gasteiger partial charge on any atom is 0.305 e. The Morgan fingerprint density at radius 3 is 2.38 bits per heavy atom. The predicted molar refractivity (Wildman–Crippen MR) is 153 cm³/mol. The number of piperazine rings is 1. The fourth-order valence-electron chi connectivity index (χ4n) is 5.12. The van der Waals surface area contributed by atoms with Gasteiger partial charge in [-0.25, -0.2) is 0 Å². The topological polar surface area (TPSA) is 154 Å². The molecule has 2 aliphatic heterocycles. The average Bonchev–Trinajstić information content (AvgIpc) is 3.57. The number of nitrogens with one attached hydrogen (secondary N) is 2. The first kappa shape index (κ1) is 28.7. The van der Waals surface area contributed by atoms with Crippen LogP contribution in [0.4, 0.5) is 11.4 Å². The van der Waals surface area contributed by atoms with E-state index in [1.807, 2.05) is 0 Å². The van der Waals surface area contributed by atoms with Crippen LogP contribution in [-0.2, 0) is 14.3 Å². The number of amides is 3. The minimum absolute atomic E-state index is 0.0915. The highest BCUT2D eigenvalue weighted by Gasteiger charge is 2.28. The van der Waals surface area contributed by atoms with Gasteiger partial charge in [-0.2, -0.15) is 0 Å². The van der Waals surface area contributed by atoms with Gasteiger partial charge < -0.3 is 30.3 Å². The SMILES string of the molecule is O=C(O)CC(NC(=O)c1ccc(N2CCN(C(=O)c3cccnc3)CC2)c(NC(=O)C2CCCO2)c1)c1cccnc1. The lowest BCUT2D eigenvalue weighted by atomic mass is 10.0. The highest BCUT2D eigenvalue weighted by atomic mass is 16.5. The van der Waals surface area contributed by atoms with E-state index in [0.29, 0.717) is 61.7 Å². The van der Waals surface area contributed by atoms with Gasteiger partial charge in [-0.05, 0) is 54.8 Å². The number of benzene rings is 1. The van der Waals surface area contributed by atoms with Gasteiger partial charge in [0.15, 0.2) is 0 Å². The molecular weight excluding hydrogens is 540 g/mol. The van der Waals surface area contributed by atoms with Gasteiger partial charge in [0.25, 0.3) is 17.7 Å². The summed E-state index contributed by atoms with van der Waals surface area (Å²) >= 11 is 0. The van der Waals surface area contributed by atoms with Gasteiger partial charge in [0.05, 0.1) is 29.4 Å². The maximum atomic E-state index is 13.3. The van der Waals surface area contributed by atoms with Crippen LogP contribution in [0, 0.1) is 0 Å². The number of carboxylic acids is 1. The molecule has 0 aliphatic carbocycles. The lowest BCUT2D eigenvalue weighted by molar-refractivity contribution is -0.137. The molecule has 3 N–H and O–H groups in total. The van der Waals surface area contributed by atoms with E-state index in [2.05, 4.69) is 25.5 Å². The van der Waals surface area contributed by atoms with Crippen LogP contribution < -0.4 is 15.5 Å². The summed E-state index contributed by atoms with van der Waals surface area (Å²) in [5, 5.41) is 15.1. The number of pyridine rings is 2. The normalized spacial score (nSPS) is 17.4. The summed E-state index contributed by atoms with van der Waals surface area (Å²) in [4.78, 5) is 62.6. The van der Waals surface area contributed by atoms with Crippen molar-refractivity contribution >= 4 is 35.1 Å². The molecule has 42 heavy (non-hydrogen) atoms. The maximum absolute atomic E-state index is 13.3.